The highest BCUT2D eigenvalue weighted by Crippen LogP contribution is 2.03. The molecule has 0 spiro atoms. The second-order valence-corrected chi connectivity index (χ2v) is 3.84. The van der Waals surface area contributed by atoms with Crippen LogP contribution in [0.25, 0.3) is 0 Å². The van der Waals surface area contributed by atoms with Crippen LogP contribution in [0.1, 0.15) is 13.4 Å². The zero-order valence-electron chi connectivity index (χ0n) is 9.31. The molecule has 1 aliphatic rings. The Hall–Kier alpha value is -2.04. The fourth-order valence-corrected chi connectivity index (χ4v) is 1.64. The Balaban J connectivity index is 0.00000162. The summed E-state index contributed by atoms with van der Waals surface area (Å²) in [5.74, 6) is -0.151. The molecule has 0 saturated carbocycles. The van der Waals surface area contributed by atoms with Gasteiger partial charge in [0.05, 0.1) is 0 Å². The maximum absolute atomic E-state index is 11.4. The van der Waals surface area contributed by atoms with Crippen LogP contribution in [0.4, 0.5) is 4.79 Å². The van der Waals surface area contributed by atoms with Crippen molar-refractivity contribution in [2.24, 2.45) is 0 Å². The van der Waals surface area contributed by atoms with E-state index in [0.717, 1.165) is 5.56 Å². The van der Waals surface area contributed by atoms with Crippen LogP contribution < -0.4 is 10.6 Å². The first-order valence-corrected chi connectivity index (χ1v) is 5.50. The molecule has 17 heavy (non-hydrogen) atoms. The summed E-state index contributed by atoms with van der Waals surface area (Å²) in [6.45, 7) is 0.809. The van der Waals surface area contributed by atoms with Gasteiger partial charge in [-0.05, 0) is 12.0 Å². The van der Waals surface area contributed by atoms with E-state index < -0.39 is 12.1 Å². The Labute approximate surface area is 101 Å². The lowest BCUT2D eigenvalue weighted by Crippen LogP contribution is -2.40. The van der Waals surface area contributed by atoms with Gasteiger partial charge in [0.25, 0.3) is 0 Å². The molecule has 5 nitrogen and oxygen atoms in total. The van der Waals surface area contributed by atoms with E-state index in [9.17, 15) is 9.59 Å². The molecule has 0 aliphatic carbocycles. The normalized spacial score (nSPS) is 18.6. The second-order valence-electron chi connectivity index (χ2n) is 3.84. The van der Waals surface area contributed by atoms with Gasteiger partial charge in [0.15, 0.2) is 0 Å². The molecule has 1 atom stereocenters. The quantitative estimate of drug-likeness (QED) is 0.824. The number of rotatable bonds is 3. The van der Waals surface area contributed by atoms with Crippen molar-refractivity contribution in [3.63, 3.8) is 0 Å². The highest BCUT2D eigenvalue weighted by Gasteiger charge is 2.25. The monoisotopic (exact) mass is 236 g/mol. The van der Waals surface area contributed by atoms with E-state index in [1.54, 1.807) is 0 Å². The predicted octanol–water partition coefficient (Wildman–Crippen LogP) is 1.05. The summed E-state index contributed by atoms with van der Waals surface area (Å²) >= 11 is 0. The van der Waals surface area contributed by atoms with Crippen LogP contribution in [0, 0.1) is 0 Å². The smallest absolute Gasteiger partial charge is 0.408 e. The standard InChI is InChI=1S/C12H14N2O3.H2/c15-11-10(6-7-13-11)14-12(16)17-8-9-4-2-1-3-5-9;/h1-5,10H,6-8H2,(H,13,15)(H,14,16);1H/t10-;/m0./s1. The number of benzene rings is 1. The van der Waals surface area contributed by atoms with Crippen molar-refractivity contribution in [3.8, 4) is 0 Å². The van der Waals surface area contributed by atoms with Crippen LogP contribution >= 0.6 is 0 Å². The summed E-state index contributed by atoms with van der Waals surface area (Å²) in [7, 11) is 0. The van der Waals surface area contributed by atoms with Crippen molar-refractivity contribution in [2.45, 2.75) is 19.1 Å². The number of amides is 2. The van der Waals surface area contributed by atoms with Crippen molar-refractivity contribution < 1.29 is 15.8 Å². The molecular weight excluding hydrogens is 220 g/mol. The molecule has 2 rings (SSSR count). The highest BCUT2D eigenvalue weighted by atomic mass is 16.5. The van der Waals surface area contributed by atoms with Crippen LogP contribution in [0.2, 0.25) is 0 Å². The molecule has 0 aromatic heterocycles. The highest BCUT2D eigenvalue weighted by molar-refractivity contribution is 5.87. The van der Waals surface area contributed by atoms with E-state index in [1.807, 2.05) is 30.3 Å². The van der Waals surface area contributed by atoms with Crippen LogP contribution in [0.15, 0.2) is 30.3 Å². The molecule has 1 fully saturated rings. The fraction of sp³-hybridized carbons (Fsp3) is 0.333. The lowest BCUT2D eigenvalue weighted by atomic mass is 10.2. The first-order valence-electron chi connectivity index (χ1n) is 5.50. The van der Waals surface area contributed by atoms with Crippen LogP contribution in [-0.4, -0.2) is 24.6 Å². The number of carbonyl (C=O) groups excluding carboxylic acids is 2. The summed E-state index contributed by atoms with van der Waals surface area (Å²) in [6.07, 6.45) is 0.0510. The lowest BCUT2D eigenvalue weighted by molar-refractivity contribution is -0.120. The Morgan fingerprint density at radius 3 is 2.88 bits per heavy atom. The third kappa shape index (κ3) is 3.21. The van der Waals surface area contributed by atoms with E-state index in [0.29, 0.717) is 13.0 Å². The number of ether oxygens (including phenoxy) is 1. The topological polar surface area (TPSA) is 67.4 Å². The van der Waals surface area contributed by atoms with Crippen molar-refractivity contribution >= 4 is 12.0 Å². The summed E-state index contributed by atoms with van der Waals surface area (Å²) in [5, 5.41) is 5.17. The predicted molar refractivity (Wildman–Crippen MR) is 63.3 cm³/mol. The van der Waals surface area contributed by atoms with Gasteiger partial charge in [0, 0.05) is 7.97 Å². The minimum absolute atomic E-state index is 0. The fourth-order valence-electron chi connectivity index (χ4n) is 1.64. The Morgan fingerprint density at radius 2 is 2.24 bits per heavy atom. The molecule has 92 valence electrons. The van der Waals surface area contributed by atoms with Gasteiger partial charge >= 0.3 is 6.09 Å². The molecule has 0 bridgehead atoms. The summed E-state index contributed by atoms with van der Waals surface area (Å²) in [6, 6.07) is 8.93. The summed E-state index contributed by atoms with van der Waals surface area (Å²) in [4.78, 5) is 22.6. The zero-order valence-corrected chi connectivity index (χ0v) is 9.31. The molecule has 2 N–H and O–H groups in total. The third-order valence-electron chi connectivity index (χ3n) is 2.55. The van der Waals surface area contributed by atoms with Gasteiger partial charge in [-0.3, -0.25) is 4.79 Å². The van der Waals surface area contributed by atoms with Gasteiger partial charge in [-0.25, -0.2) is 4.79 Å². The molecule has 2 amide bonds. The first-order chi connectivity index (χ1) is 8.25. The van der Waals surface area contributed by atoms with Gasteiger partial charge in [-0.15, -0.1) is 0 Å². The first kappa shape index (κ1) is 11.4. The number of carbonyl (C=O) groups is 2. The molecule has 1 aliphatic heterocycles. The van der Waals surface area contributed by atoms with E-state index in [1.165, 1.54) is 0 Å². The second kappa shape index (κ2) is 5.34. The minimum Gasteiger partial charge on any atom is -0.445 e. The van der Waals surface area contributed by atoms with Gasteiger partial charge < -0.3 is 15.4 Å². The molecule has 1 aromatic rings. The Bertz CT molecular complexity index is 411. The Morgan fingerprint density at radius 1 is 1.47 bits per heavy atom. The maximum Gasteiger partial charge on any atom is 0.408 e. The number of hydrogen-bond donors (Lipinski definition) is 2. The van der Waals surface area contributed by atoms with E-state index in [4.69, 9.17) is 4.74 Å². The van der Waals surface area contributed by atoms with Crippen LogP contribution in [0.5, 0.6) is 0 Å². The number of hydrogen-bond acceptors (Lipinski definition) is 3. The van der Waals surface area contributed by atoms with E-state index in [2.05, 4.69) is 10.6 Å². The Kier molecular flexibility index (Phi) is 3.59. The van der Waals surface area contributed by atoms with E-state index in [-0.39, 0.29) is 13.9 Å². The average molecular weight is 236 g/mol. The molecular formula is C12H16N2O3. The summed E-state index contributed by atoms with van der Waals surface area (Å²) in [5.41, 5.74) is 0.915. The number of nitrogens with one attached hydrogen (secondary N) is 2. The molecule has 1 heterocycles. The maximum atomic E-state index is 11.4. The minimum atomic E-state index is -0.559. The molecule has 0 unspecified atom stereocenters. The summed E-state index contributed by atoms with van der Waals surface area (Å²) < 4.78 is 5.01. The van der Waals surface area contributed by atoms with Crippen molar-refractivity contribution in [3.05, 3.63) is 35.9 Å². The van der Waals surface area contributed by atoms with Gasteiger partial charge in [-0.2, -0.15) is 0 Å². The lowest BCUT2D eigenvalue weighted by Gasteiger charge is -2.10. The van der Waals surface area contributed by atoms with E-state index >= 15 is 0 Å². The largest absolute Gasteiger partial charge is 0.445 e. The van der Waals surface area contributed by atoms with Gasteiger partial charge in [0.1, 0.15) is 12.6 Å². The average Bonchev–Trinajstić information content (AvgIpc) is 2.74. The third-order valence-corrected chi connectivity index (χ3v) is 2.55. The molecule has 5 heteroatoms. The van der Waals surface area contributed by atoms with Crippen LogP contribution in [0.3, 0.4) is 0 Å². The van der Waals surface area contributed by atoms with Crippen molar-refractivity contribution in [1.29, 1.82) is 0 Å². The molecule has 0 radical (unpaired) electrons. The van der Waals surface area contributed by atoms with Gasteiger partial charge in [0.2, 0.25) is 5.91 Å². The van der Waals surface area contributed by atoms with Gasteiger partial charge in [-0.1, -0.05) is 30.3 Å². The molecule has 1 aromatic carbocycles. The zero-order chi connectivity index (χ0) is 12.1. The SMILES string of the molecule is O=C(N[C@H]1CCNC1=O)OCc1ccccc1.[HH]. The van der Waals surface area contributed by atoms with Crippen molar-refractivity contribution in [2.75, 3.05) is 6.54 Å². The number of alkyl carbamates (subject to hydrolysis) is 1. The van der Waals surface area contributed by atoms with Crippen LogP contribution in [-0.2, 0) is 16.1 Å². The molecule has 1 saturated heterocycles. The van der Waals surface area contributed by atoms with Crippen molar-refractivity contribution in [1.82, 2.24) is 10.6 Å².